The van der Waals surface area contributed by atoms with Crippen LogP contribution in [0.15, 0.2) is 24.3 Å². The van der Waals surface area contributed by atoms with Crippen LogP contribution >= 0.6 is 12.4 Å². The number of ether oxygens (including phenoxy) is 1. The number of carbonyl (C=O) groups is 1. The fraction of sp³-hybridized carbons (Fsp3) is 0.588. The maximum absolute atomic E-state index is 12.4. The summed E-state index contributed by atoms with van der Waals surface area (Å²) in [6.45, 7) is 11.6. The summed E-state index contributed by atoms with van der Waals surface area (Å²) in [5.74, 6) is -0.0400. The molecule has 1 unspecified atom stereocenters. The number of esters is 1. The third kappa shape index (κ3) is 8.25. The maximum atomic E-state index is 12.4. The molecule has 2 N–H and O–H groups in total. The van der Waals surface area contributed by atoms with Crippen molar-refractivity contribution in [2.24, 2.45) is 0 Å². The summed E-state index contributed by atoms with van der Waals surface area (Å²) in [6.07, 6.45) is 0.520. The van der Waals surface area contributed by atoms with Crippen LogP contribution < -0.4 is 5.32 Å². The first-order valence-corrected chi connectivity index (χ1v) is 7.25. The van der Waals surface area contributed by atoms with Crippen LogP contribution in [-0.2, 0) is 16.0 Å². The molecule has 0 amide bonds. The number of carbonyl (C=O) groups excluding carboxylic acids is 1. The molecule has 4 nitrogen and oxygen atoms in total. The number of aromatic hydroxyl groups is 1. The third-order valence-electron chi connectivity index (χ3n) is 2.67. The minimum absolute atomic E-state index is 0. The number of hydrogen-bond donors (Lipinski definition) is 2. The van der Waals surface area contributed by atoms with Gasteiger partial charge >= 0.3 is 5.97 Å². The molecule has 0 spiro atoms. The van der Waals surface area contributed by atoms with Crippen molar-refractivity contribution in [3.8, 4) is 5.75 Å². The number of phenolic OH excluding ortho intramolecular Hbond substituents is 1. The van der Waals surface area contributed by atoms with Gasteiger partial charge in [-0.3, -0.25) is 10.1 Å². The first kappa shape index (κ1) is 20.7. The van der Waals surface area contributed by atoms with Crippen molar-refractivity contribution in [1.82, 2.24) is 5.32 Å². The number of halogens is 1. The lowest BCUT2D eigenvalue weighted by molar-refractivity contribution is -0.158. The van der Waals surface area contributed by atoms with E-state index in [4.69, 9.17) is 4.74 Å². The zero-order chi connectivity index (χ0) is 16.3. The molecule has 5 heteroatoms. The highest BCUT2D eigenvalue weighted by molar-refractivity contribution is 5.85. The minimum Gasteiger partial charge on any atom is -0.508 e. The van der Waals surface area contributed by atoms with E-state index in [0.29, 0.717) is 6.42 Å². The average Bonchev–Trinajstić information content (AvgIpc) is 2.27. The molecule has 126 valence electrons. The van der Waals surface area contributed by atoms with Gasteiger partial charge in [-0.25, -0.2) is 0 Å². The second-order valence-corrected chi connectivity index (χ2v) is 7.35. The van der Waals surface area contributed by atoms with Gasteiger partial charge < -0.3 is 9.84 Å². The van der Waals surface area contributed by atoms with Crippen molar-refractivity contribution < 1.29 is 14.6 Å². The monoisotopic (exact) mass is 329 g/mol. The van der Waals surface area contributed by atoms with Gasteiger partial charge in [0.05, 0.1) is 0 Å². The van der Waals surface area contributed by atoms with Crippen LogP contribution in [0.25, 0.3) is 0 Å². The van der Waals surface area contributed by atoms with Crippen LogP contribution in [0.3, 0.4) is 0 Å². The van der Waals surface area contributed by atoms with Crippen LogP contribution in [0.5, 0.6) is 5.75 Å². The smallest absolute Gasteiger partial charge is 0.324 e. The van der Waals surface area contributed by atoms with E-state index in [1.807, 2.05) is 53.7 Å². The average molecular weight is 330 g/mol. The number of hydrogen-bond acceptors (Lipinski definition) is 4. The largest absolute Gasteiger partial charge is 0.508 e. The van der Waals surface area contributed by atoms with Gasteiger partial charge in [-0.1, -0.05) is 12.1 Å². The minimum atomic E-state index is -0.510. The van der Waals surface area contributed by atoms with Crippen molar-refractivity contribution in [2.45, 2.75) is 65.1 Å². The van der Waals surface area contributed by atoms with Crippen molar-refractivity contribution in [3.63, 3.8) is 0 Å². The van der Waals surface area contributed by atoms with E-state index in [2.05, 4.69) is 5.32 Å². The van der Waals surface area contributed by atoms with Crippen LogP contribution in [0.2, 0.25) is 0 Å². The van der Waals surface area contributed by atoms with Gasteiger partial charge in [0.15, 0.2) is 0 Å². The molecule has 0 aliphatic rings. The fourth-order valence-electron chi connectivity index (χ4n) is 1.96. The zero-order valence-corrected chi connectivity index (χ0v) is 15.1. The molecule has 0 saturated carbocycles. The Morgan fingerprint density at radius 1 is 1.14 bits per heavy atom. The molecular weight excluding hydrogens is 302 g/mol. The predicted octanol–water partition coefficient (Wildman–Crippen LogP) is 3.45. The molecule has 1 rings (SSSR count). The topological polar surface area (TPSA) is 58.6 Å². The third-order valence-corrected chi connectivity index (χ3v) is 2.67. The molecule has 0 heterocycles. The number of rotatable bonds is 4. The standard InChI is InChI=1S/C17H27NO3.ClH/c1-16(2,3)18-14(15(20)21-17(4,5)6)11-12-7-9-13(19)10-8-12;/h7-10,14,18-19H,11H2,1-6H3;1H. The summed E-state index contributed by atoms with van der Waals surface area (Å²) in [6, 6.07) is 6.46. The van der Waals surface area contributed by atoms with E-state index in [1.54, 1.807) is 12.1 Å². The van der Waals surface area contributed by atoms with Crippen LogP contribution in [0.4, 0.5) is 0 Å². The molecule has 1 aromatic carbocycles. The number of benzene rings is 1. The highest BCUT2D eigenvalue weighted by atomic mass is 35.5. The number of phenols is 1. The van der Waals surface area contributed by atoms with Crippen molar-refractivity contribution >= 4 is 18.4 Å². The molecule has 0 bridgehead atoms. The van der Waals surface area contributed by atoms with Gasteiger partial charge in [-0.2, -0.15) is 0 Å². The van der Waals surface area contributed by atoms with Gasteiger partial charge in [0, 0.05) is 5.54 Å². The first-order chi connectivity index (χ1) is 9.46. The van der Waals surface area contributed by atoms with Gasteiger partial charge in [0.25, 0.3) is 0 Å². The van der Waals surface area contributed by atoms with E-state index >= 15 is 0 Å². The summed E-state index contributed by atoms with van der Waals surface area (Å²) in [4.78, 5) is 12.4. The quantitative estimate of drug-likeness (QED) is 0.831. The summed E-state index contributed by atoms with van der Waals surface area (Å²) >= 11 is 0. The Balaban J connectivity index is 0.00000441. The Morgan fingerprint density at radius 3 is 2.05 bits per heavy atom. The summed E-state index contributed by atoms with van der Waals surface area (Å²) in [5.41, 5.74) is 0.267. The van der Waals surface area contributed by atoms with E-state index < -0.39 is 11.6 Å². The predicted molar refractivity (Wildman–Crippen MR) is 91.6 cm³/mol. The van der Waals surface area contributed by atoms with Crippen LogP contribution in [0, 0.1) is 0 Å². The second-order valence-electron chi connectivity index (χ2n) is 7.35. The second kappa shape index (κ2) is 7.84. The molecule has 0 aromatic heterocycles. The maximum Gasteiger partial charge on any atom is 0.324 e. The zero-order valence-electron chi connectivity index (χ0n) is 14.3. The lowest BCUT2D eigenvalue weighted by Gasteiger charge is -2.30. The Labute approximate surface area is 139 Å². The molecule has 0 fully saturated rings. The van der Waals surface area contributed by atoms with Gasteiger partial charge in [0.2, 0.25) is 0 Å². The van der Waals surface area contributed by atoms with Crippen molar-refractivity contribution in [2.75, 3.05) is 0 Å². The molecule has 1 aromatic rings. The SMILES string of the molecule is CC(C)(C)NC(Cc1ccc(O)cc1)C(=O)OC(C)(C)C.Cl. The van der Waals surface area contributed by atoms with Crippen molar-refractivity contribution in [1.29, 1.82) is 0 Å². The van der Waals surface area contributed by atoms with E-state index in [-0.39, 0.29) is 29.7 Å². The molecule has 0 aliphatic carbocycles. The van der Waals surface area contributed by atoms with Gasteiger partial charge in [0.1, 0.15) is 17.4 Å². The lowest BCUT2D eigenvalue weighted by Crippen LogP contribution is -2.50. The molecule has 0 aliphatic heterocycles. The van der Waals surface area contributed by atoms with Gasteiger partial charge in [-0.05, 0) is 65.7 Å². The Hall–Kier alpha value is -1.26. The van der Waals surface area contributed by atoms with Crippen molar-refractivity contribution in [3.05, 3.63) is 29.8 Å². The summed E-state index contributed by atoms with van der Waals surface area (Å²) in [7, 11) is 0. The normalized spacial score (nSPS) is 13.2. The molecule has 0 saturated heterocycles. The highest BCUT2D eigenvalue weighted by Gasteiger charge is 2.28. The molecule has 0 radical (unpaired) electrons. The molecule has 22 heavy (non-hydrogen) atoms. The summed E-state index contributed by atoms with van der Waals surface area (Å²) in [5, 5.41) is 12.6. The Morgan fingerprint density at radius 2 is 1.64 bits per heavy atom. The number of nitrogens with one attached hydrogen (secondary N) is 1. The van der Waals surface area contributed by atoms with Crippen LogP contribution in [-0.4, -0.2) is 28.3 Å². The Kier molecular flexibility index (Phi) is 7.39. The van der Waals surface area contributed by atoms with E-state index in [0.717, 1.165) is 5.56 Å². The fourth-order valence-corrected chi connectivity index (χ4v) is 1.96. The molecule has 1 atom stereocenters. The van der Waals surface area contributed by atoms with Crippen LogP contribution in [0.1, 0.15) is 47.1 Å². The Bertz CT molecular complexity index is 472. The van der Waals surface area contributed by atoms with E-state index in [1.165, 1.54) is 0 Å². The molecular formula is C17H28ClNO3. The summed E-state index contributed by atoms with van der Waals surface area (Å²) < 4.78 is 5.49. The van der Waals surface area contributed by atoms with Gasteiger partial charge in [-0.15, -0.1) is 12.4 Å². The first-order valence-electron chi connectivity index (χ1n) is 7.25. The van der Waals surface area contributed by atoms with E-state index in [9.17, 15) is 9.90 Å². The highest BCUT2D eigenvalue weighted by Crippen LogP contribution is 2.16. The lowest BCUT2D eigenvalue weighted by atomic mass is 10.0.